The van der Waals surface area contributed by atoms with E-state index < -0.39 is 27.8 Å². The first kappa shape index (κ1) is 15.4. The Morgan fingerprint density at radius 2 is 2.20 bits per heavy atom. The second-order valence-corrected chi connectivity index (χ2v) is 7.03. The summed E-state index contributed by atoms with van der Waals surface area (Å²) in [6.07, 6.45) is 0. The van der Waals surface area contributed by atoms with Crippen molar-refractivity contribution in [3.8, 4) is 0 Å². The van der Waals surface area contributed by atoms with Crippen molar-refractivity contribution in [3.05, 3.63) is 28.5 Å². The number of rotatable bonds is 3. The van der Waals surface area contributed by atoms with Crippen LogP contribution in [0.25, 0.3) is 0 Å². The van der Waals surface area contributed by atoms with E-state index in [1.807, 2.05) is 0 Å². The summed E-state index contributed by atoms with van der Waals surface area (Å²) in [7, 11) is -3.92. The molecule has 0 radical (unpaired) electrons. The van der Waals surface area contributed by atoms with Crippen molar-refractivity contribution in [2.75, 3.05) is 19.6 Å². The summed E-state index contributed by atoms with van der Waals surface area (Å²) in [5.41, 5.74) is 5.24. The number of piperazine rings is 1. The van der Waals surface area contributed by atoms with Crippen molar-refractivity contribution in [2.45, 2.75) is 10.9 Å². The first-order valence-electron chi connectivity index (χ1n) is 5.81. The van der Waals surface area contributed by atoms with E-state index >= 15 is 0 Å². The van der Waals surface area contributed by atoms with E-state index in [2.05, 4.69) is 21.2 Å². The maximum atomic E-state index is 13.1. The van der Waals surface area contributed by atoms with Gasteiger partial charge < -0.3 is 11.1 Å². The largest absolute Gasteiger partial charge is 0.368 e. The van der Waals surface area contributed by atoms with Crippen LogP contribution in [0.3, 0.4) is 0 Å². The molecule has 9 heteroatoms. The van der Waals surface area contributed by atoms with E-state index in [1.54, 1.807) is 0 Å². The second-order valence-electron chi connectivity index (χ2n) is 4.31. The maximum absolute atomic E-state index is 13.1. The molecule has 0 aromatic heterocycles. The average molecular weight is 366 g/mol. The van der Waals surface area contributed by atoms with Gasteiger partial charge in [0.15, 0.2) is 0 Å². The Hall–Kier alpha value is -1.03. The molecule has 3 N–H and O–H groups in total. The van der Waals surface area contributed by atoms with Crippen LogP contribution in [0.1, 0.15) is 0 Å². The molecule has 1 atom stereocenters. The number of benzene rings is 1. The van der Waals surface area contributed by atoms with Crippen molar-refractivity contribution in [1.82, 2.24) is 9.62 Å². The minimum Gasteiger partial charge on any atom is -0.368 e. The fraction of sp³-hybridized carbons (Fsp3) is 0.364. The molecule has 1 heterocycles. The number of nitrogens with zero attached hydrogens (tertiary/aromatic N) is 1. The van der Waals surface area contributed by atoms with Crippen LogP contribution >= 0.6 is 15.9 Å². The van der Waals surface area contributed by atoms with E-state index in [0.29, 0.717) is 6.54 Å². The highest BCUT2D eigenvalue weighted by molar-refractivity contribution is 9.10. The number of primary amides is 1. The van der Waals surface area contributed by atoms with Gasteiger partial charge in [0.1, 0.15) is 11.9 Å². The first-order valence-corrected chi connectivity index (χ1v) is 8.04. The Bertz CT molecular complexity index is 638. The molecule has 0 saturated carbocycles. The SMILES string of the molecule is NC(=O)C1CNCCN1S(=O)(=O)c1ccc(F)cc1Br. The number of nitrogens with two attached hydrogens (primary N) is 1. The van der Waals surface area contributed by atoms with E-state index in [4.69, 9.17) is 5.73 Å². The molecule has 1 aromatic carbocycles. The molecule has 1 amide bonds. The Balaban J connectivity index is 2.45. The number of sulfonamides is 1. The average Bonchev–Trinajstić information content (AvgIpc) is 2.38. The molecule has 0 aliphatic carbocycles. The number of amides is 1. The summed E-state index contributed by atoms with van der Waals surface area (Å²) in [6, 6.07) is 2.33. The van der Waals surface area contributed by atoms with Gasteiger partial charge in [0.25, 0.3) is 0 Å². The van der Waals surface area contributed by atoms with Gasteiger partial charge in [-0.2, -0.15) is 4.31 Å². The summed E-state index contributed by atoms with van der Waals surface area (Å²) in [4.78, 5) is 11.3. The molecule has 2 rings (SSSR count). The Labute approximate surface area is 124 Å². The van der Waals surface area contributed by atoms with Crippen LogP contribution in [0.15, 0.2) is 27.6 Å². The first-order chi connectivity index (χ1) is 9.34. The van der Waals surface area contributed by atoms with Crippen molar-refractivity contribution in [2.24, 2.45) is 5.73 Å². The fourth-order valence-electron chi connectivity index (χ4n) is 2.03. The highest BCUT2D eigenvalue weighted by Gasteiger charge is 2.37. The molecule has 20 heavy (non-hydrogen) atoms. The predicted molar refractivity (Wildman–Crippen MR) is 73.8 cm³/mol. The van der Waals surface area contributed by atoms with Gasteiger partial charge in [0.2, 0.25) is 15.9 Å². The van der Waals surface area contributed by atoms with E-state index in [9.17, 15) is 17.6 Å². The van der Waals surface area contributed by atoms with Crippen LogP contribution in [0.2, 0.25) is 0 Å². The molecule has 1 aliphatic rings. The van der Waals surface area contributed by atoms with Gasteiger partial charge in [-0.1, -0.05) is 0 Å². The normalized spacial score (nSPS) is 20.8. The summed E-state index contributed by atoms with van der Waals surface area (Å²) in [6.45, 7) is 0.703. The van der Waals surface area contributed by atoms with Crippen molar-refractivity contribution >= 4 is 31.9 Å². The van der Waals surface area contributed by atoms with Crippen molar-refractivity contribution in [3.63, 3.8) is 0 Å². The molecule has 0 spiro atoms. The molecule has 1 aromatic rings. The Kier molecular flexibility index (Phi) is 4.43. The lowest BCUT2D eigenvalue weighted by Gasteiger charge is -2.33. The third-order valence-corrected chi connectivity index (χ3v) is 5.89. The lowest BCUT2D eigenvalue weighted by molar-refractivity contribution is -0.122. The van der Waals surface area contributed by atoms with Gasteiger partial charge in [-0.05, 0) is 34.1 Å². The minimum atomic E-state index is -3.92. The maximum Gasteiger partial charge on any atom is 0.245 e. The number of hydrogen-bond donors (Lipinski definition) is 2. The third kappa shape index (κ3) is 2.85. The fourth-order valence-corrected chi connectivity index (χ4v) is 4.63. The third-order valence-electron chi connectivity index (χ3n) is 3.00. The number of carbonyl (C=O) groups is 1. The molecular formula is C11H13BrFN3O3S. The van der Waals surface area contributed by atoms with Crippen LogP contribution < -0.4 is 11.1 Å². The summed E-state index contributed by atoms with van der Waals surface area (Å²) < 4.78 is 39.4. The van der Waals surface area contributed by atoms with Crippen LogP contribution in [0.4, 0.5) is 4.39 Å². The molecule has 110 valence electrons. The minimum absolute atomic E-state index is 0.0907. The highest BCUT2D eigenvalue weighted by Crippen LogP contribution is 2.27. The topological polar surface area (TPSA) is 92.5 Å². The molecule has 1 fully saturated rings. The van der Waals surface area contributed by atoms with Gasteiger partial charge in [0.05, 0.1) is 4.90 Å². The summed E-state index contributed by atoms with van der Waals surface area (Å²) >= 11 is 3.03. The van der Waals surface area contributed by atoms with Crippen LogP contribution in [-0.2, 0) is 14.8 Å². The predicted octanol–water partition coefficient (Wildman–Crippen LogP) is 0.0360. The molecule has 0 bridgehead atoms. The molecule has 1 unspecified atom stereocenters. The van der Waals surface area contributed by atoms with Gasteiger partial charge >= 0.3 is 0 Å². The molecule has 1 aliphatic heterocycles. The van der Waals surface area contributed by atoms with Crippen LogP contribution in [0.5, 0.6) is 0 Å². The van der Waals surface area contributed by atoms with Gasteiger partial charge in [0, 0.05) is 24.1 Å². The van der Waals surface area contributed by atoms with E-state index in [-0.39, 0.29) is 22.5 Å². The number of nitrogens with one attached hydrogen (secondary N) is 1. The standard InChI is InChI=1S/C11H13BrFN3O3S/c12-8-5-7(13)1-2-10(8)20(18,19)16-4-3-15-6-9(16)11(14)17/h1-2,5,9,15H,3-4,6H2,(H2,14,17). The highest BCUT2D eigenvalue weighted by atomic mass is 79.9. The quantitative estimate of drug-likeness (QED) is 0.790. The van der Waals surface area contributed by atoms with Crippen LogP contribution in [0, 0.1) is 5.82 Å². The van der Waals surface area contributed by atoms with Crippen LogP contribution in [-0.4, -0.2) is 44.3 Å². The lowest BCUT2D eigenvalue weighted by Crippen LogP contribution is -2.58. The lowest BCUT2D eigenvalue weighted by atomic mass is 10.2. The second kappa shape index (κ2) is 5.76. The van der Waals surface area contributed by atoms with Crippen molar-refractivity contribution in [1.29, 1.82) is 0 Å². The zero-order valence-corrected chi connectivity index (χ0v) is 12.7. The van der Waals surface area contributed by atoms with Gasteiger partial charge in [-0.3, -0.25) is 4.79 Å². The van der Waals surface area contributed by atoms with E-state index in [1.165, 1.54) is 0 Å². The summed E-state index contributed by atoms with van der Waals surface area (Å²) in [5.74, 6) is -1.28. The number of hydrogen-bond acceptors (Lipinski definition) is 4. The molecule has 6 nitrogen and oxygen atoms in total. The zero-order valence-electron chi connectivity index (χ0n) is 10.3. The zero-order chi connectivity index (χ0) is 14.9. The molecule has 1 saturated heterocycles. The van der Waals surface area contributed by atoms with Crippen molar-refractivity contribution < 1.29 is 17.6 Å². The number of halogens is 2. The van der Waals surface area contributed by atoms with Gasteiger partial charge in [-0.15, -0.1) is 0 Å². The monoisotopic (exact) mass is 365 g/mol. The van der Waals surface area contributed by atoms with Gasteiger partial charge in [-0.25, -0.2) is 12.8 Å². The molecular weight excluding hydrogens is 353 g/mol. The van der Waals surface area contributed by atoms with E-state index in [0.717, 1.165) is 22.5 Å². The number of carbonyl (C=O) groups excluding carboxylic acids is 1. The smallest absolute Gasteiger partial charge is 0.245 e. The Morgan fingerprint density at radius 1 is 1.50 bits per heavy atom. The Morgan fingerprint density at radius 3 is 2.80 bits per heavy atom. The summed E-state index contributed by atoms with van der Waals surface area (Å²) in [5, 5.41) is 2.91.